The van der Waals surface area contributed by atoms with Gasteiger partial charge in [-0.25, -0.2) is 0 Å². The van der Waals surface area contributed by atoms with Crippen LogP contribution in [-0.2, 0) is 24.7 Å². The van der Waals surface area contributed by atoms with Gasteiger partial charge in [-0.15, -0.1) is 0 Å². The van der Waals surface area contributed by atoms with Crippen molar-refractivity contribution in [1.82, 2.24) is 24.5 Å². The molecule has 3 amide bonds. The number of rotatable bonds is 5. The van der Waals surface area contributed by atoms with Gasteiger partial charge in [0.2, 0.25) is 5.91 Å². The molecule has 0 N–H and O–H groups in total. The maximum absolute atomic E-state index is 13.9. The Hall–Kier alpha value is -3.85. The molecule has 0 spiro atoms. The third-order valence-corrected chi connectivity index (χ3v) is 8.43. The molecule has 1 aliphatic heterocycles. The maximum Gasteiger partial charge on any atom is 0.272 e. The molecule has 2 heterocycles. The van der Waals surface area contributed by atoms with Gasteiger partial charge in [-0.2, -0.15) is 5.10 Å². The van der Waals surface area contributed by atoms with Crippen LogP contribution in [0.2, 0.25) is 5.02 Å². The number of carbonyl (C=O) groups excluding carboxylic acids is 3. The van der Waals surface area contributed by atoms with Crippen molar-refractivity contribution in [2.24, 2.45) is 13.0 Å². The number of ether oxygens (including phenoxy) is 1. The highest BCUT2D eigenvalue weighted by atomic mass is 35.5. The summed E-state index contributed by atoms with van der Waals surface area (Å²) in [5.41, 5.74) is 2.76. The van der Waals surface area contributed by atoms with Crippen molar-refractivity contribution in [2.75, 3.05) is 40.3 Å². The van der Waals surface area contributed by atoms with E-state index in [1.807, 2.05) is 48.3 Å². The summed E-state index contributed by atoms with van der Waals surface area (Å²) in [6.07, 6.45) is 4.06. The third-order valence-electron chi connectivity index (χ3n) is 8.20. The summed E-state index contributed by atoms with van der Waals surface area (Å²) in [5.74, 6) is 0.338. The molecule has 1 aromatic heterocycles. The fourth-order valence-corrected chi connectivity index (χ4v) is 5.85. The standard InChI is InChI=1S/C35H46ClN5O4/c1-25(2)21-28-24-31(40(5)37-28)35(44)41-18-10-9-17-38(3)34(43)30(22-26-13-7-6-8-14-26)39(4)33(42)29-23-27(36)15-16-32(29)45-20-12-11-19-41/h6-8,13-16,23-25,30H,9-12,17-22H2,1-5H3/t30-/m0/s1. The van der Waals surface area contributed by atoms with E-state index in [0.717, 1.165) is 30.5 Å². The first-order chi connectivity index (χ1) is 21.5. The van der Waals surface area contributed by atoms with E-state index in [4.69, 9.17) is 16.3 Å². The van der Waals surface area contributed by atoms with Gasteiger partial charge in [0.05, 0.1) is 17.9 Å². The summed E-state index contributed by atoms with van der Waals surface area (Å²) >= 11 is 6.33. The first-order valence-corrected chi connectivity index (χ1v) is 16.2. The number of aromatic nitrogens is 2. The van der Waals surface area contributed by atoms with E-state index in [-0.39, 0.29) is 17.7 Å². The number of amides is 3. The summed E-state index contributed by atoms with van der Waals surface area (Å²) in [5, 5.41) is 4.99. The number of fused-ring (bicyclic) bond motifs is 1. The second-order valence-corrected chi connectivity index (χ2v) is 12.8. The molecule has 0 fully saturated rings. The lowest BCUT2D eigenvalue weighted by Gasteiger charge is -2.31. The normalized spacial score (nSPS) is 17.7. The highest BCUT2D eigenvalue weighted by molar-refractivity contribution is 6.31. The molecule has 0 saturated carbocycles. The first kappa shape index (κ1) is 34.0. The Balaban J connectivity index is 1.59. The smallest absolute Gasteiger partial charge is 0.272 e. The molecule has 0 aliphatic carbocycles. The molecule has 9 nitrogen and oxygen atoms in total. The molecule has 0 bridgehead atoms. The highest BCUT2D eigenvalue weighted by Gasteiger charge is 2.31. The number of aryl methyl sites for hydroxylation is 1. The summed E-state index contributed by atoms with van der Waals surface area (Å²) < 4.78 is 7.79. The maximum atomic E-state index is 13.9. The van der Waals surface area contributed by atoms with Gasteiger partial charge in [-0.1, -0.05) is 55.8 Å². The Kier molecular flexibility index (Phi) is 12.0. The van der Waals surface area contributed by atoms with E-state index in [1.165, 1.54) is 4.90 Å². The second-order valence-electron chi connectivity index (χ2n) is 12.3. The first-order valence-electron chi connectivity index (χ1n) is 15.9. The molecule has 0 radical (unpaired) electrons. The van der Waals surface area contributed by atoms with Crippen LogP contribution < -0.4 is 4.74 Å². The number of hydrogen-bond donors (Lipinski definition) is 0. The lowest BCUT2D eigenvalue weighted by Crippen LogP contribution is -2.49. The van der Waals surface area contributed by atoms with Crippen LogP contribution >= 0.6 is 11.6 Å². The minimum atomic E-state index is -0.727. The summed E-state index contributed by atoms with van der Waals surface area (Å²) in [4.78, 5) is 46.6. The van der Waals surface area contributed by atoms with E-state index in [1.54, 1.807) is 41.9 Å². The highest BCUT2D eigenvalue weighted by Crippen LogP contribution is 2.26. The largest absolute Gasteiger partial charge is 0.493 e. The Morgan fingerprint density at radius 1 is 0.956 bits per heavy atom. The van der Waals surface area contributed by atoms with E-state index in [0.29, 0.717) is 73.5 Å². The van der Waals surface area contributed by atoms with Crippen LogP contribution in [-0.4, -0.2) is 88.6 Å². The molecule has 1 aliphatic rings. The lowest BCUT2D eigenvalue weighted by atomic mass is 10.0. The number of benzene rings is 2. The predicted octanol–water partition coefficient (Wildman–Crippen LogP) is 5.51. The zero-order chi connectivity index (χ0) is 32.5. The predicted molar refractivity (Wildman–Crippen MR) is 177 cm³/mol. The van der Waals surface area contributed by atoms with Gasteiger partial charge in [-0.3, -0.25) is 19.1 Å². The Labute approximate surface area is 272 Å². The molecular weight excluding hydrogens is 590 g/mol. The summed E-state index contributed by atoms with van der Waals surface area (Å²) in [7, 11) is 5.25. The van der Waals surface area contributed by atoms with Crippen molar-refractivity contribution in [2.45, 2.75) is 58.4 Å². The van der Waals surface area contributed by atoms with Crippen LogP contribution in [0.25, 0.3) is 0 Å². The third kappa shape index (κ3) is 9.10. The minimum Gasteiger partial charge on any atom is -0.493 e. The monoisotopic (exact) mass is 635 g/mol. The topological polar surface area (TPSA) is 88.0 Å². The van der Waals surface area contributed by atoms with Crippen LogP contribution in [0.15, 0.2) is 54.6 Å². The second kappa shape index (κ2) is 15.9. The SMILES string of the molecule is CC(C)Cc1cc(C(=O)N2CCCCOc3ccc(Cl)cc3C(=O)N(C)[C@@H](Cc3ccccc3)C(=O)N(C)CCCC2)n(C)n1. The number of nitrogens with zero attached hydrogens (tertiary/aromatic N) is 5. The average molecular weight is 636 g/mol. The van der Waals surface area contributed by atoms with Crippen molar-refractivity contribution < 1.29 is 19.1 Å². The average Bonchev–Trinajstić information content (AvgIpc) is 3.38. The molecule has 0 saturated heterocycles. The van der Waals surface area contributed by atoms with E-state index in [9.17, 15) is 14.4 Å². The number of likely N-dealkylation sites (N-methyl/N-ethyl adjacent to an activating group) is 2. The Bertz CT molecular complexity index is 1460. The fourth-order valence-electron chi connectivity index (χ4n) is 5.68. The number of halogens is 1. The van der Waals surface area contributed by atoms with Gasteiger partial charge >= 0.3 is 0 Å². The Morgan fingerprint density at radius 3 is 2.36 bits per heavy atom. The summed E-state index contributed by atoms with van der Waals surface area (Å²) in [6, 6.07) is 15.9. The van der Waals surface area contributed by atoms with Crippen molar-refractivity contribution in [3.63, 3.8) is 0 Å². The molecule has 4 rings (SSSR count). The van der Waals surface area contributed by atoms with Crippen molar-refractivity contribution in [1.29, 1.82) is 0 Å². The van der Waals surface area contributed by atoms with Gasteiger partial charge in [0.15, 0.2) is 0 Å². The van der Waals surface area contributed by atoms with Crippen LogP contribution in [0.3, 0.4) is 0 Å². The lowest BCUT2D eigenvalue weighted by molar-refractivity contribution is -0.134. The molecular formula is C35H46ClN5O4. The van der Waals surface area contributed by atoms with Crippen LogP contribution in [0.4, 0.5) is 0 Å². The zero-order valence-corrected chi connectivity index (χ0v) is 27.9. The molecule has 45 heavy (non-hydrogen) atoms. The van der Waals surface area contributed by atoms with Crippen molar-refractivity contribution in [3.8, 4) is 5.75 Å². The zero-order valence-electron chi connectivity index (χ0n) is 27.2. The van der Waals surface area contributed by atoms with Crippen molar-refractivity contribution in [3.05, 3.63) is 82.1 Å². The molecule has 0 unspecified atom stereocenters. The van der Waals surface area contributed by atoms with E-state index < -0.39 is 6.04 Å². The van der Waals surface area contributed by atoms with Crippen molar-refractivity contribution >= 4 is 29.3 Å². The van der Waals surface area contributed by atoms with Gasteiger partial charge in [0.1, 0.15) is 17.5 Å². The van der Waals surface area contributed by atoms with Gasteiger partial charge in [0.25, 0.3) is 11.8 Å². The molecule has 3 aromatic rings. The van der Waals surface area contributed by atoms with Crippen LogP contribution in [0, 0.1) is 5.92 Å². The molecule has 2 aromatic carbocycles. The van der Waals surface area contributed by atoms with E-state index >= 15 is 0 Å². The molecule has 242 valence electrons. The van der Waals surface area contributed by atoms with Gasteiger partial charge in [-0.05, 0) is 67.9 Å². The van der Waals surface area contributed by atoms with Crippen LogP contribution in [0.1, 0.15) is 71.6 Å². The molecule has 10 heteroatoms. The Morgan fingerprint density at radius 2 is 1.64 bits per heavy atom. The minimum absolute atomic E-state index is 0.0431. The van der Waals surface area contributed by atoms with Gasteiger partial charge < -0.3 is 19.4 Å². The fraction of sp³-hybridized carbons (Fsp3) is 0.486. The van der Waals surface area contributed by atoms with E-state index in [2.05, 4.69) is 18.9 Å². The van der Waals surface area contributed by atoms with Gasteiger partial charge in [0, 0.05) is 52.2 Å². The summed E-state index contributed by atoms with van der Waals surface area (Å²) in [6.45, 7) is 6.28. The van der Waals surface area contributed by atoms with Crippen LogP contribution in [0.5, 0.6) is 5.75 Å². The number of hydrogen-bond acceptors (Lipinski definition) is 5. The number of carbonyl (C=O) groups is 3. The molecule has 1 atom stereocenters. The quantitative estimate of drug-likeness (QED) is 0.369.